The van der Waals surface area contributed by atoms with Gasteiger partial charge in [0, 0.05) is 56.5 Å². The summed E-state index contributed by atoms with van der Waals surface area (Å²) in [6, 6.07) is 6.79. The number of aromatic nitrogens is 2. The topological polar surface area (TPSA) is 157 Å². The first kappa shape index (κ1) is 24.0. The molecule has 4 rings (SSSR count). The molecule has 34 heavy (non-hydrogen) atoms. The van der Waals surface area contributed by atoms with Gasteiger partial charge < -0.3 is 15.7 Å². The fourth-order valence-corrected chi connectivity index (χ4v) is 5.87. The molecular formula is C22H29N7O4S. The number of amidine groups is 1. The Labute approximate surface area is 198 Å². The van der Waals surface area contributed by atoms with Crippen molar-refractivity contribution < 1.29 is 18.3 Å². The fourth-order valence-electron chi connectivity index (χ4n) is 4.49. The maximum Gasteiger partial charge on any atom is 0.324 e. The molecule has 2 aliphatic rings. The Balaban J connectivity index is 1.43. The number of carbonyl (C=O) groups is 1. The summed E-state index contributed by atoms with van der Waals surface area (Å²) in [6.07, 6.45) is 5.14. The predicted octanol–water partition coefficient (Wildman–Crippen LogP) is 0.712. The van der Waals surface area contributed by atoms with E-state index in [0.29, 0.717) is 56.8 Å². The van der Waals surface area contributed by atoms with Gasteiger partial charge in [0.05, 0.1) is 12.4 Å². The maximum absolute atomic E-state index is 13.3. The molecule has 182 valence electrons. The van der Waals surface area contributed by atoms with Crippen molar-refractivity contribution >= 4 is 27.6 Å². The minimum absolute atomic E-state index is 0.0531. The number of aliphatic hydroxyl groups excluding tert-OH is 1. The molecule has 0 saturated carbocycles. The molecular weight excluding hydrogens is 458 g/mol. The lowest BCUT2D eigenvalue weighted by atomic mass is 9.96. The first-order valence-corrected chi connectivity index (χ1v) is 12.6. The number of urea groups is 1. The number of aliphatic hydroxyl groups is 1. The van der Waals surface area contributed by atoms with E-state index < -0.39 is 10.0 Å². The second-order valence-corrected chi connectivity index (χ2v) is 10.7. The third-order valence-electron chi connectivity index (χ3n) is 6.37. The molecule has 1 atom stereocenters. The van der Waals surface area contributed by atoms with E-state index in [9.17, 15) is 18.3 Å². The van der Waals surface area contributed by atoms with E-state index in [1.54, 1.807) is 34.1 Å². The SMILES string of the molecule is N=C(N)c1cccc(N2CC(CO)CN(CC3CCN(S(=O)(=O)c4cncnc4)CC3)C2=O)c1. The Bertz CT molecular complexity index is 1140. The highest BCUT2D eigenvalue weighted by molar-refractivity contribution is 7.89. The Morgan fingerprint density at radius 1 is 1.15 bits per heavy atom. The zero-order valence-electron chi connectivity index (χ0n) is 18.7. The first-order valence-electron chi connectivity index (χ1n) is 11.2. The summed E-state index contributed by atoms with van der Waals surface area (Å²) >= 11 is 0. The Morgan fingerprint density at radius 2 is 1.85 bits per heavy atom. The summed E-state index contributed by atoms with van der Waals surface area (Å²) in [6.45, 7) is 1.97. The number of amides is 2. The van der Waals surface area contributed by atoms with Gasteiger partial charge in [-0.3, -0.25) is 10.3 Å². The molecule has 2 amide bonds. The van der Waals surface area contributed by atoms with E-state index in [4.69, 9.17) is 11.1 Å². The third-order valence-corrected chi connectivity index (χ3v) is 8.23. The quantitative estimate of drug-likeness (QED) is 0.383. The summed E-state index contributed by atoms with van der Waals surface area (Å²) < 4.78 is 27.1. The number of nitrogen functional groups attached to an aromatic ring is 1. The summed E-state index contributed by atoms with van der Waals surface area (Å²) in [7, 11) is -3.64. The second-order valence-electron chi connectivity index (χ2n) is 8.73. The Kier molecular flexibility index (Phi) is 7.10. The zero-order valence-corrected chi connectivity index (χ0v) is 19.6. The van der Waals surface area contributed by atoms with Crippen molar-refractivity contribution in [1.29, 1.82) is 5.41 Å². The number of hydrogen-bond donors (Lipinski definition) is 3. The monoisotopic (exact) mass is 487 g/mol. The van der Waals surface area contributed by atoms with Crippen molar-refractivity contribution in [3.05, 3.63) is 48.5 Å². The highest BCUT2D eigenvalue weighted by atomic mass is 32.2. The summed E-state index contributed by atoms with van der Waals surface area (Å²) in [5.41, 5.74) is 6.77. The molecule has 3 heterocycles. The third kappa shape index (κ3) is 5.03. The highest BCUT2D eigenvalue weighted by Gasteiger charge is 2.36. The second kappa shape index (κ2) is 10.0. The van der Waals surface area contributed by atoms with E-state index >= 15 is 0 Å². The summed E-state index contributed by atoms with van der Waals surface area (Å²) in [4.78, 5) is 24.4. The van der Waals surface area contributed by atoms with Crippen molar-refractivity contribution in [1.82, 2.24) is 19.2 Å². The average Bonchev–Trinajstić information content (AvgIpc) is 2.86. The summed E-state index contributed by atoms with van der Waals surface area (Å²) in [5.74, 6) is -0.0480. The van der Waals surface area contributed by atoms with Gasteiger partial charge in [0.25, 0.3) is 0 Å². The number of nitrogens with one attached hydrogen (secondary N) is 1. The lowest BCUT2D eigenvalue weighted by Crippen LogP contribution is -2.56. The van der Waals surface area contributed by atoms with Crippen LogP contribution in [0, 0.1) is 17.2 Å². The van der Waals surface area contributed by atoms with Crippen molar-refractivity contribution in [2.75, 3.05) is 44.2 Å². The average molecular weight is 488 g/mol. The van der Waals surface area contributed by atoms with Crippen LogP contribution in [0.5, 0.6) is 0 Å². The van der Waals surface area contributed by atoms with Gasteiger partial charge in [-0.15, -0.1) is 0 Å². The summed E-state index contributed by atoms with van der Waals surface area (Å²) in [5, 5.41) is 17.5. The Hall–Kier alpha value is -3.09. The van der Waals surface area contributed by atoms with Crippen LogP contribution in [-0.4, -0.2) is 83.9 Å². The fraction of sp³-hybridized carbons (Fsp3) is 0.455. The number of anilines is 1. The van der Waals surface area contributed by atoms with Gasteiger partial charge in [0.1, 0.15) is 17.1 Å². The van der Waals surface area contributed by atoms with E-state index in [1.807, 2.05) is 0 Å². The van der Waals surface area contributed by atoms with Crippen LogP contribution in [0.1, 0.15) is 18.4 Å². The van der Waals surface area contributed by atoms with Crippen LogP contribution in [0.2, 0.25) is 0 Å². The van der Waals surface area contributed by atoms with E-state index in [0.717, 1.165) is 0 Å². The van der Waals surface area contributed by atoms with Gasteiger partial charge in [0.2, 0.25) is 10.0 Å². The van der Waals surface area contributed by atoms with Crippen LogP contribution in [0.4, 0.5) is 10.5 Å². The molecule has 0 radical (unpaired) electrons. The van der Waals surface area contributed by atoms with Gasteiger partial charge in [0.15, 0.2) is 0 Å². The smallest absolute Gasteiger partial charge is 0.324 e. The standard InChI is InChI=1S/C22H29N7O4S/c23-21(24)18-2-1-3-19(8-18)29-13-17(14-30)12-27(22(29)31)11-16-4-6-28(7-5-16)34(32,33)20-9-25-15-26-10-20/h1-3,8-10,15-17,30H,4-7,11-14H2,(H3,23,24). The van der Waals surface area contributed by atoms with Crippen LogP contribution in [0.3, 0.4) is 0 Å². The molecule has 1 aromatic heterocycles. The van der Waals surface area contributed by atoms with Gasteiger partial charge in [-0.1, -0.05) is 12.1 Å². The van der Waals surface area contributed by atoms with Crippen LogP contribution in [-0.2, 0) is 10.0 Å². The molecule has 2 saturated heterocycles. The molecule has 0 spiro atoms. The highest BCUT2D eigenvalue weighted by Crippen LogP contribution is 2.28. The van der Waals surface area contributed by atoms with Crippen LogP contribution < -0.4 is 10.6 Å². The van der Waals surface area contributed by atoms with Crippen LogP contribution in [0.25, 0.3) is 0 Å². The van der Waals surface area contributed by atoms with Crippen LogP contribution in [0.15, 0.2) is 47.9 Å². The molecule has 0 aliphatic carbocycles. The predicted molar refractivity (Wildman–Crippen MR) is 126 cm³/mol. The molecule has 2 fully saturated rings. The Morgan fingerprint density at radius 3 is 2.50 bits per heavy atom. The number of nitrogens with two attached hydrogens (primary N) is 1. The first-order chi connectivity index (χ1) is 16.3. The number of sulfonamides is 1. The minimum Gasteiger partial charge on any atom is -0.396 e. The lowest BCUT2D eigenvalue weighted by Gasteiger charge is -2.42. The number of nitrogens with zero attached hydrogens (tertiary/aromatic N) is 5. The number of piperidine rings is 1. The number of benzene rings is 1. The zero-order chi connectivity index (χ0) is 24.3. The number of hydrogen-bond acceptors (Lipinski definition) is 7. The largest absolute Gasteiger partial charge is 0.396 e. The molecule has 0 bridgehead atoms. The minimum atomic E-state index is -3.64. The molecule has 2 aliphatic heterocycles. The van der Waals surface area contributed by atoms with Gasteiger partial charge in [-0.2, -0.15) is 4.31 Å². The van der Waals surface area contributed by atoms with E-state index in [-0.39, 0.29) is 35.2 Å². The van der Waals surface area contributed by atoms with Gasteiger partial charge in [-0.25, -0.2) is 23.2 Å². The maximum atomic E-state index is 13.3. The lowest BCUT2D eigenvalue weighted by molar-refractivity contribution is 0.128. The van der Waals surface area contributed by atoms with Crippen molar-refractivity contribution in [2.24, 2.45) is 17.6 Å². The normalized spacial score (nSPS) is 20.5. The molecule has 11 nitrogen and oxygen atoms in total. The number of rotatable bonds is 7. The molecule has 1 aromatic carbocycles. The molecule has 1 unspecified atom stereocenters. The van der Waals surface area contributed by atoms with Gasteiger partial charge >= 0.3 is 6.03 Å². The van der Waals surface area contributed by atoms with E-state index in [1.165, 1.54) is 23.0 Å². The molecule has 4 N–H and O–H groups in total. The number of carbonyl (C=O) groups excluding carboxylic acids is 1. The van der Waals surface area contributed by atoms with Crippen LogP contribution >= 0.6 is 0 Å². The molecule has 2 aromatic rings. The van der Waals surface area contributed by atoms with Crippen molar-refractivity contribution in [2.45, 2.75) is 17.7 Å². The van der Waals surface area contributed by atoms with Crippen molar-refractivity contribution in [3.8, 4) is 0 Å². The van der Waals surface area contributed by atoms with Gasteiger partial charge in [-0.05, 0) is 30.9 Å². The van der Waals surface area contributed by atoms with Crippen molar-refractivity contribution in [3.63, 3.8) is 0 Å². The molecule has 12 heteroatoms. The van der Waals surface area contributed by atoms with E-state index in [2.05, 4.69) is 9.97 Å².